The zero-order valence-corrected chi connectivity index (χ0v) is 16.7. The van der Waals surface area contributed by atoms with Crippen LogP contribution in [0.15, 0.2) is 0 Å². The molecule has 158 valence electrons. The third kappa shape index (κ3) is 13.3. The number of hydrogen-bond donors (Lipinski definition) is 2. The Morgan fingerprint density at radius 2 is 1.52 bits per heavy atom. The van der Waals surface area contributed by atoms with E-state index in [1.165, 1.54) is 19.3 Å². The average molecular weight is 410 g/mol. The molecule has 0 fully saturated rings. The Kier molecular flexibility index (Phi) is 13.7. The molecule has 0 aromatic heterocycles. The van der Waals surface area contributed by atoms with Gasteiger partial charge in [-0.15, -0.1) is 0 Å². The van der Waals surface area contributed by atoms with Crippen molar-refractivity contribution in [2.45, 2.75) is 76.4 Å². The van der Waals surface area contributed by atoms with Crippen molar-refractivity contribution in [2.75, 3.05) is 13.2 Å². The molecule has 0 rings (SSSR count). The first-order chi connectivity index (χ1) is 12.7. The van der Waals surface area contributed by atoms with Crippen molar-refractivity contribution >= 4 is 28.0 Å². The molecule has 10 heteroatoms. The minimum atomic E-state index is -4.89. The molecule has 3 N–H and O–H groups in total. The quantitative estimate of drug-likeness (QED) is 0.178. The largest absolute Gasteiger partial charge is 0.463 e. The van der Waals surface area contributed by atoms with Crippen LogP contribution in [-0.2, 0) is 34.0 Å². The van der Waals surface area contributed by atoms with Crippen molar-refractivity contribution in [1.82, 2.24) is 0 Å². The molecule has 9 nitrogen and oxygen atoms in total. The predicted molar refractivity (Wildman–Crippen MR) is 98.3 cm³/mol. The standard InChI is InChI=1S/C17H31NO8S/c1-2-3-4-5-6-7-8-9-10-15(19)26-16(20)13-14(27(22,23)24)17(21)25-12-11-18/h14H,2-13,18H2,1H3,(H,22,23,24). The second kappa shape index (κ2) is 14.5. The number of carbonyl (C=O) groups is 3. The Morgan fingerprint density at radius 3 is 2.04 bits per heavy atom. The van der Waals surface area contributed by atoms with Crippen molar-refractivity contribution < 1.29 is 36.8 Å². The van der Waals surface area contributed by atoms with E-state index in [1.54, 1.807) is 0 Å². The smallest absolute Gasteiger partial charge is 0.327 e. The highest BCUT2D eigenvalue weighted by Crippen LogP contribution is 2.12. The number of esters is 3. The maximum Gasteiger partial charge on any atom is 0.327 e. The van der Waals surface area contributed by atoms with Gasteiger partial charge in [-0.1, -0.05) is 51.9 Å². The summed E-state index contributed by atoms with van der Waals surface area (Å²) in [6, 6.07) is 0. The summed E-state index contributed by atoms with van der Waals surface area (Å²) in [5.74, 6) is -3.34. The Hall–Kier alpha value is -1.52. The van der Waals surface area contributed by atoms with Gasteiger partial charge in [0, 0.05) is 13.0 Å². The number of rotatable bonds is 15. The molecular formula is C17H31NO8S. The van der Waals surface area contributed by atoms with Gasteiger partial charge in [0.1, 0.15) is 6.61 Å². The molecule has 0 aliphatic carbocycles. The van der Waals surface area contributed by atoms with E-state index in [9.17, 15) is 22.8 Å². The number of nitrogens with two attached hydrogens (primary N) is 1. The number of carbonyl (C=O) groups excluding carboxylic acids is 3. The van der Waals surface area contributed by atoms with E-state index in [-0.39, 0.29) is 19.6 Å². The van der Waals surface area contributed by atoms with E-state index in [2.05, 4.69) is 16.4 Å². The first-order valence-electron chi connectivity index (χ1n) is 9.28. The second-order valence-electron chi connectivity index (χ2n) is 6.23. The number of ether oxygens (including phenoxy) is 2. The monoisotopic (exact) mass is 409 g/mol. The van der Waals surface area contributed by atoms with Gasteiger partial charge in [-0.05, 0) is 6.42 Å². The molecule has 1 atom stereocenters. The predicted octanol–water partition coefficient (Wildman–Crippen LogP) is 1.74. The highest BCUT2D eigenvalue weighted by molar-refractivity contribution is 7.87. The molecule has 0 aliphatic heterocycles. The van der Waals surface area contributed by atoms with Crippen LogP contribution in [0.25, 0.3) is 0 Å². The molecule has 27 heavy (non-hydrogen) atoms. The van der Waals surface area contributed by atoms with Crippen molar-refractivity contribution in [2.24, 2.45) is 5.73 Å². The van der Waals surface area contributed by atoms with E-state index in [1.807, 2.05) is 0 Å². The number of unbranched alkanes of at least 4 members (excludes halogenated alkanes) is 7. The van der Waals surface area contributed by atoms with Gasteiger partial charge in [0.15, 0.2) is 5.25 Å². The van der Waals surface area contributed by atoms with Crippen molar-refractivity contribution in [1.29, 1.82) is 0 Å². The molecule has 0 heterocycles. The van der Waals surface area contributed by atoms with Crippen molar-refractivity contribution in [3.63, 3.8) is 0 Å². The van der Waals surface area contributed by atoms with Crippen LogP contribution >= 0.6 is 0 Å². The Morgan fingerprint density at radius 1 is 0.963 bits per heavy atom. The summed E-state index contributed by atoms with van der Waals surface area (Å²) >= 11 is 0. The van der Waals surface area contributed by atoms with E-state index in [4.69, 9.17) is 10.3 Å². The second-order valence-corrected chi connectivity index (χ2v) is 7.83. The SMILES string of the molecule is CCCCCCCCCCC(=O)OC(=O)CC(C(=O)OCCN)S(=O)(=O)O. The molecule has 0 aromatic carbocycles. The molecule has 0 saturated carbocycles. The van der Waals surface area contributed by atoms with E-state index >= 15 is 0 Å². The highest BCUT2D eigenvalue weighted by Gasteiger charge is 2.36. The van der Waals surface area contributed by atoms with Gasteiger partial charge in [-0.25, -0.2) is 0 Å². The minimum absolute atomic E-state index is 0.0227. The molecule has 0 saturated heterocycles. The van der Waals surface area contributed by atoms with Crippen molar-refractivity contribution in [3.8, 4) is 0 Å². The van der Waals surface area contributed by atoms with Crippen LogP contribution in [0.3, 0.4) is 0 Å². The summed E-state index contributed by atoms with van der Waals surface area (Å²) in [4.78, 5) is 34.9. The molecule has 0 amide bonds. The summed E-state index contributed by atoms with van der Waals surface area (Å²) in [5, 5.41) is -2.15. The van der Waals surface area contributed by atoms with Gasteiger partial charge >= 0.3 is 17.9 Å². The van der Waals surface area contributed by atoms with E-state index in [0.29, 0.717) is 6.42 Å². The Balaban J connectivity index is 4.18. The molecule has 1 unspecified atom stereocenters. The maximum absolute atomic E-state index is 11.7. The summed E-state index contributed by atoms with van der Waals surface area (Å²) < 4.78 is 40.5. The van der Waals surface area contributed by atoms with Crippen LogP contribution in [-0.4, -0.2) is 49.3 Å². The number of hydrogen-bond acceptors (Lipinski definition) is 8. The summed E-state index contributed by atoms with van der Waals surface area (Å²) in [7, 11) is -4.89. The highest BCUT2D eigenvalue weighted by atomic mass is 32.2. The van der Waals surface area contributed by atoms with Crippen molar-refractivity contribution in [3.05, 3.63) is 0 Å². The average Bonchev–Trinajstić information content (AvgIpc) is 2.58. The Bertz CT molecular complexity index is 561. The van der Waals surface area contributed by atoms with Gasteiger partial charge < -0.3 is 15.2 Å². The first-order valence-corrected chi connectivity index (χ1v) is 10.8. The van der Waals surface area contributed by atoms with E-state index < -0.39 is 39.7 Å². The molecule has 0 spiro atoms. The third-order valence-corrected chi connectivity index (χ3v) is 4.88. The van der Waals surface area contributed by atoms with Crippen LogP contribution in [0.5, 0.6) is 0 Å². The zero-order valence-electron chi connectivity index (χ0n) is 15.9. The summed E-state index contributed by atoms with van der Waals surface area (Å²) in [5.41, 5.74) is 5.13. The van der Waals surface area contributed by atoms with Crippen LogP contribution in [0.4, 0.5) is 0 Å². The maximum atomic E-state index is 11.7. The van der Waals surface area contributed by atoms with Gasteiger partial charge in [0.25, 0.3) is 10.1 Å². The lowest BCUT2D eigenvalue weighted by atomic mass is 10.1. The van der Waals surface area contributed by atoms with E-state index in [0.717, 1.165) is 25.7 Å². The lowest BCUT2D eigenvalue weighted by molar-refractivity contribution is -0.161. The lowest BCUT2D eigenvalue weighted by Crippen LogP contribution is -2.35. The Labute approximate surface area is 160 Å². The van der Waals surface area contributed by atoms with Crippen LogP contribution < -0.4 is 5.73 Å². The fourth-order valence-electron chi connectivity index (χ4n) is 2.34. The molecule has 0 bridgehead atoms. The van der Waals surface area contributed by atoms with Gasteiger partial charge in [0.2, 0.25) is 0 Å². The fourth-order valence-corrected chi connectivity index (χ4v) is 2.99. The fraction of sp³-hybridized carbons (Fsp3) is 0.824. The minimum Gasteiger partial charge on any atom is -0.463 e. The topological polar surface area (TPSA) is 150 Å². The summed E-state index contributed by atoms with van der Waals surface area (Å²) in [6.45, 7) is 1.83. The van der Waals surface area contributed by atoms with Crippen LogP contribution in [0.1, 0.15) is 71.1 Å². The zero-order chi connectivity index (χ0) is 20.7. The normalized spacial score (nSPS) is 12.4. The summed E-state index contributed by atoms with van der Waals surface area (Å²) in [6.07, 6.45) is 7.25. The molecule has 0 aromatic rings. The van der Waals surface area contributed by atoms with Crippen LogP contribution in [0.2, 0.25) is 0 Å². The van der Waals surface area contributed by atoms with Gasteiger partial charge in [-0.2, -0.15) is 8.42 Å². The molecule has 0 aliphatic rings. The first kappa shape index (κ1) is 25.5. The molecule has 0 radical (unpaired) electrons. The third-order valence-electron chi connectivity index (χ3n) is 3.80. The lowest BCUT2D eigenvalue weighted by Gasteiger charge is -2.12. The van der Waals surface area contributed by atoms with Gasteiger partial charge in [-0.3, -0.25) is 18.9 Å². The van der Waals surface area contributed by atoms with Gasteiger partial charge in [0.05, 0.1) is 6.42 Å². The molecular weight excluding hydrogens is 378 g/mol. The van der Waals surface area contributed by atoms with Crippen LogP contribution in [0, 0.1) is 0 Å².